The first-order valence-electron chi connectivity index (χ1n) is 7.74. The molecule has 0 amide bonds. The second-order valence-corrected chi connectivity index (χ2v) is 6.90. The standard InChI is InChI=1S/C22H13Br/c23-18-11-12-20-17(13-18)10-9-16-8-7-15-6-5-14-3-1-2-4-19(14)21(15)22(16)20/h1-13H. The molecular weight excluding hydrogens is 344 g/mol. The molecule has 5 aromatic rings. The molecule has 0 bridgehead atoms. The number of rotatable bonds is 0. The van der Waals surface area contributed by atoms with Crippen LogP contribution in [-0.4, -0.2) is 0 Å². The largest absolute Gasteiger partial charge is 0.0616 e. The predicted molar refractivity (Wildman–Crippen MR) is 104 cm³/mol. The normalized spacial score (nSPS) is 11.7. The fourth-order valence-corrected chi connectivity index (χ4v) is 4.00. The molecule has 0 aliphatic carbocycles. The Morgan fingerprint density at radius 1 is 0.478 bits per heavy atom. The van der Waals surface area contributed by atoms with Gasteiger partial charge in [0.1, 0.15) is 0 Å². The summed E-state index contributed by atoms with van der Waals surface area (Å²) in [5.74, 6) is 0. The van der Waals surface area contributed by atoms with E-state index >= 15 is 0 Å². The molecule has 0 fully saturated rings. The van der Waals surface area contributed by atoms with Gasteiger partial charge in [0.05, 0.1) is 0 Å². The van der Waals surface area contributed by atoms with Crippen molar-refractivity contribution in [2.24, 2.45) is 0 Å². The minimum atomic E-state index is 1.12. The van der Waals surface area contributed by atoms with Crippen molar-refractivity contribution in [3.8, 4) is 0 Å². The van der Waals surface area contributed by atoms with Crippen molar-refractivity contribution in [3.05, 3.63) is 83.3 Å². The van der Waals surface area contributed by atoms with Crippen LogP contribution in [-0.2, 0) is 0 Å². The third-order valence-electron chi connectivity index (χ3n) is 4.67. The third-order valence-corrected chi connectivity index (χ3v) is 5.16. The topological polar surface area (TPSA) is 0 Å². The molecule has 0 saturated heterocycles. The Morgan fingerprint density at radius 3 is 1.78 bits per heavy atom. The maximum Gasteiger partial charge on any atom is 0.0181 e. The van der Waals surface area contributed by atoms with Crippen LogP contribution in [0.2, 0.25) is 0 Å². The first kappa shape index (κ1) is 13.1. The van der Waals surface area contributed by atoms with Gasteiger partial charge >= 0.3 is 0 Å². The van der Waals surface area contributed by atoms with Gasteiger partial charge in [-0.15, -0.1) is 0 Å². The summed E-state index contributed by atoms with van der Waals surface area (Å²) in [6, 6.07) is 28.5. The lowest BCUT2D eigenvalue weighted by Crippen LogP contribution is -1.83. The van der Waals surface area contributed by atoms with Gasteiger partial charge in [-0.25, -0.2) is 0 Å². The molecule has 0 aliphatic rings. The number of hydrogen-bond donors (Lipinski definition) is 0. The van der Waals surface area contributed by atoms with Crippen molar-refractivity contribution in [1.29, 1.82) is 0 Å². The summed E-state index contributed by atoms with van der Waals surface area (Å²) in [5.41, 5.74) is 0. The Bertz CT molecular complexity index is 1210. The Balaban J connectivity index is 2.15. The van der Waals surface area contributed by atoms with E-state index in [-0.39, 0.29) is 0 Å². The number of fused-ring (bicyclic) bond motifs is 7. The molecule has 1 heteroatoms. The van der Waals surface area contributed by atoms with Gasteiger partial charge in [0, 0.05) is 4.47 Å². The molecule has 5 aromatic carbocycles. The molecule has 0 N–H and O–H groups in total. The minimum Gasteiger partial charge on any atom is -0.0616 e. The van der Waals surface area contributed by atoms with Crippen LogP contribution in [0.25, 0.3) is 43.1 Å². The molecule has 0 radical (unpaired) electrons. The number of benzene rings is 5. The summed E-state index contributed by atoms with van der Waals surface area (Å²) in [7, 11) is 0. The molecule has 0 unspecified atom stereocenters. The van der Waals surface area contributed by atoms with Crippen LogP contribution in [0.15, 0.2) is 83.3 Å². The molecule has 0 spiro atoms. The van der Waals surface area contributed by atoms with Gasteiger partial charge in [0.2, 0.25) is 0 Å². The Kier molecular flexibility index (Phi) is 2.74. The molecule has 0 heterocycles. The van der Waals surface area contributed by atoms with E-state index in [4.69, 9.17) is 0 Å². The van der Waals surface area contributed by atoms with Crippen LogP contribution in [0, 0.1) is 0 Å². The maximum absolute atomic E-state index is 3.59. The van der Waals surface area contributed by atoms with Crippen LogP contribution < -0.4 is 0 Å². The summed E-state index contributed by atoms with van der Waals surface area (Å²) in [6.07, 6.45) is 0. The Labute approximate surface area is 142 Å². The number of halogens is 1. The minimum absolute atomic E-state index is 1.12. The lowest BCUT2D eigenvalue weighted by atomic mass is 9.93. The van der Waals surface area contributed by atoms with E-state index in [0.717, 1.165) is 4.47 Å². The monoisotopic (exact) mass is 356 g/mol. The summed E-state index contributed by atoms with van der Waals surface area (Å²) in [4.78, 5) is 0. The maximum atomic E-state index is 3.59. The highest BCUT2D eigenvalue weighted by Crippen LogP contribution is 2.36. The molecule has 5 rings (SSSR count). The molecule has 0 nitrogen and oxygen atoms in total. The first-order chi connectivity index (χ1) is 11.3. The SMILES string of the molecule is Brc1ccc2c(ccc3ccc4ccc5ccccc5c4c32)c1. The Hall–Kier alpha value is -2.38. The van der Waals surface area contributed by atoms with Gasteiger partial charge in [-0.1, -0.05) is 82.7 Å². The van der Waals surface area contributed by atoms with Gasteiger partial charge in [-0.2, -0.15) is 0 Å². The molecule has 23 heavy (non-hydrogen) atoms. The van der Waals surface area contributed by atoms with Crippen LogP contribution in [0.1, 0.15) is 0 Å². The smallest absolute Gasteiger partial charge is 0.0181 e. The highest BCUT2D eigenvalue weighted by Gasteiger charge is 2.08. The van der Waals surface area contributed by atoms with Crippen molar-refractivity contribution in [1.82, 2.24) is 0 Å². The predicted octanol–water partition coefficient (Wildman–Crippen LogP) is 7.06. The fraction of sp³-hybridized carbons (Fsp3) is 0. The summed E-state index contributed by atoms with van der Waals surface area (Å²) < 4.78 is 1.12. The van der Waals surface area contributed by atoms with Crippen molar-refractivity contribution in [3.63, 3.8) is 0 Å². The zero-order valence-corrected chi connectivity index (χ0v) is 14.0. The van der Waals surface area contributed by atoms with Gasteiger partial charge in [-0.3, -0.25) is 0 Å². The van der Waals surface area contributed by atoms with Crippen molar-refractivity contribution >= 4 is 59.0 Å². The second kappa shape index (κ2) is 4.81. The highest BCUT2D eigenvalue weighted by atomic mass is 79.9. The summed E-state index contributed by atoms with van der Waals surface area (Å²) in [5, 5.41) is 10.5. The van der Waals surface area contributed by atoms with E-state index in [9.17, 15) is 0 Å². The zero-order chi connectivity index (χ0) is 15.4. The van der Waals surface area contributed by atoms with Crippen LogP contribution in [0.5, 0.6) is 0 Å². The van der Waals surface area contributed by atoms with Gasteiger partial charge < -0.3 is 0 Å². The second-order valence-electron chi connectivity index (χ2n) is 5.98. The van der Waals surface area contributed by atoms with Crippen molar-refractivity contribution < 1.29 is 0 Å². The van der Waals surface area contributed by atoms with E-state index in [1.807, 2.05) is 0 Å². The van der Waals surface area contributed by atoms with Gasteiger partial charge in [-0.05, 0) is 55.2 Å². The molecule has 0 aromatic heterocycles. The molecule has 0 aliphatic heterocycles. The first-order valence-corrected chi connectivity index (χ1v) is 8.53. The summed E-state index contributed by atoms with van der Waals surface area (Å²) >= 11 is 3.59. The van der Waals surface area contributed by atoms with E-state index in [1.54, 1.807) is 0 Å². The average Bonchev–Trinajstić information content (AvgIpc) is 2.60. The van der Waals surface area contributed by atoms with E-state index < -0.39 is 0 Å². The third kappa shape index (κ3) is 1.90. The highest BCUT2D eigenvalue weighted by molar-refractivity contribution is 9.10. The van der Waals surface area contributed by atoms with Gasteiger partial charge in [0.25, 0.3) is 0 Å². The zero-order valence-electron chi connectivity index (χ0n) is 12.4. The lowest BCUT2D eigenvalue weighted by molar-refractivity contribution is 1.73. The lowest BCUT2D eigenvalue weighted by Gasteiger charge is -2.11. The quantitative estimate of drug-likeness (QED) is 0.260. The van der Waals surface area contributed by atoms with E-state index in [1.165, 1.54) is 43.1 Å². The summed E-state index contributed by atoms with van der Waals surface area (Å²) in [6.45, 7) is 0. The average molecular weight is 357 g/mol. The van der Waals surface area contributed by atoms with Crippen LogP contribution >= 0.6 is 15.9 Å². The van der Waals surface area contributed by atoms with E-state index in [2.05, 4.69) is 94.8 Å². The molecule has 108 valence electrons. The Morgan fingerprint density at radius 2 is 1.04 bits per heavy atom. The molecule has 0 atom stereocenters. The van der Waals surface area contributed by atoms with Crippen molar-refractivity contribution in [2.75, 3.05) is 0 Å². The van der Waals surface area contributed by atoms with Crippen LogP contribution in [0.4, 0.5) is 0 Å². The molecular formula is C22H13Br. The van der Waals surface area contributed by atoms with Crippen LogP contribution in [0.3, 0.4) is 0 Å². The van der Waals surface area contributed by atoms with E-state index in [0.29, 0.717) is 0 Å². The molecule has 0 saturated carbocycles. The fourth-order valence-electron chi connectivity index (χ4n) is 3.62. The number of hydrogen-bond acceptors (Lipinski definition) is 0. The van der Waals surface area contributed by atoms with Crippen molar-refractivity contribution in [2.45, 2.75) is 0 Å². The van der Waals surface area contributed by atoms with Gasteiger partial charge in [0.15, 0.2) is 0 Å².